The molecule has 8 heteroatoms. The van der Waals surface area contributed by atoms with Gasteiger partial charge in [0.2, 0.25) is 11.8 Å². The number of sulfonamides is 1. The summed E-state index contributed by atoms with van der Waals surface area (Å²) in [5.74, 6) is -0.621. The number of hydrogen-bond acceptors (Lipinski definition) is 4. The van der Waals surface area contributed by atoms with E-state index in [1.165, 1.54) is 22.9 Å². The van der Waals surface area contributed by atoms with E-state index in [0.29, 0.717) is 12.1 Å². The molecule has 40 heavy (non-hydrogen) atoms. The third kappa shape index (κ3) is 7.10. The molecule has 0 heterocycles. The average molecular weight is 562 g/mol. The Morgan fingerprint density at radius 2 is 1.48 bits per heavy atom. The van der Waals surface area contributed by atoms with Crippen molar-refractivity contribution in [3.05, 3.63) is 96.1 Å². The van der Waals surface area contributed by atoms with Crippen LogP contribution in [0.25, 0.3) is 0 Å². The Balaban J connectivity index is 1.69. The number of nitrogens with one attached hydrogen (secondary N) is 1. The van der Waals surface area contributed by atoms with Crippen LogP contribution in [0.15, 0.2) is 89.8 Å². The number of hydrogen-bond donors (Lipinski definition) is 1. The largest absolute Gasteiger partial charge is 0.352 e. The average Bonchev–Trinajstić information content (AvgIpc) is 2.97. The third-order valence-corrected chi connectivity index (χ3v) is 9.30. The lowest BCUT2D eigenvalue weighted by molar-refractivity contribution is -0.140. The van der Waals surface area contributed by atoms with Gasteiger partial charge in [0.1, 0.15) is 12.6 Å². The van der Waals surface area contributed by atoms with Crippen molar-refractivity contribution >= 4 is 27.5 Å². The van der Waals surface area contributed by atoms with Gasteiger partial charge in [-0.15, -0.1) is 0 Å². The molecule has 1 atom stereocenters. The number of benzene rings is 3. The topological polar surface area (TPSA) is 86.8 Å². The van der Waals surface area contributed by atoms with E-state index in [4.69, 9.17) is 0 Å². The van der Waals surface area contributed by atoms with Gasteiger partial charge < -0.3 is 10.2 Å². The van der Waals surface area contributed by atoms with Crippen molar-refractivity contribution < 1.29 is 18.0 Å². The molecular weight excluding hydrogens is 522 g/mol. The van der Waals surface area contributed by atoms with E-state index >= 15 is 0 Å². The Hall–Kier alpha value is -3.65. The highest BCUT2D eigenvalue weighted by Gasteiger charge is 2.34. The number of rotatable bonds is 11. The van der Waals surface area contributed by atoms with E-state index in [2.05, 4.69) is 5.32 Å². The first kappa shape index (κ1) is 29.3. The van der Waals surface area contributed by atoms with Crippen molar-refractivity contribution in [2.24, 2.45) is 0 Å². The minimum Gasteiger partial charge on any atom is -0.352 e. The zero-order chi connectivity index (χ0) is 28.5. The molecule has 0 aliphatic heterocycles. The van der Waals surface area contributed by atoms with Crippen molar-refractivity contribution in [1.29, 1.82) is 0 Å². The molecule has 2 amide bonds. The van der Waals surface area contributed by atoms with Crippen LogP contribution in [-0.2, 0) is 26.2 Å². The van der Waals surface area contributed by atoms with Gasteiger partial charge in [0.15, 0.2) is 0 Å². The van der Waals surface area contributed by atoms with Crippen LogP contribution < -0.4 is 9.62 Å². The van der Waals surface area contributed by atoms with Crippen LogP contribution in [0.4, 0.5) is 5.69 Å². The van der Waals surface area contributed by atoms with Crippen molar-refractivity contribution in [3.8, 4) is 0 Å². The Morgan fingerprint density at radius 3 is 2.10 bits per heavy atom. The van der Waals surface area contributed by atoms with Gasteiger partial charge in [-0.3, -0.25) is 13.9 Å². The SMILES string of the molecule is CC[C@H](C(=O)NC1CCCCC1)N(Cc1ccccc1)C(=O)CN(c1ccccc1C)S(=O)(=O)c1ccccc1. The maximum atomic E-state index is 14.2. The molecule has 212 valence electrons. The summed E-state index contributed by atoms with van der Waals surface area (Å²) in [5, 5.41) is 3.18. The van der Waals surface area contributed by atoms with Gasteiger partial charge in [0.05, 0.1) is 10.6 Å². The fourth-order valence-electron chi connectivity index (χ4n) is 5.32. The van der Waals surface area contributed by atoms with Gasteiger partial charge in [-0.1, -0.05) is 92.9 Å². The molecule has 1 aliphatic rings. The van der Waals surface area contributed by atoms with Crippen LogP contribution >= 0.6 is 0 Å². The van der Waals surface area contributed by atoms with Crippen LogP contribution in [0.1, 0.15) is 56.6 Å². The predicted octanol–water partition coefficient (Wildman–Crippen LogP) is 5.45. The molecule has 4 rings (SSSR count). The van der Waals surface area contributed by atoms with E-state index in [1.54, 1.807) is 35.2 Å². The van der Waals surface area contributed by atoms with Gasteiger partial charge in [-0.2, -0.15) is 0 Å². The Bertz CT molecular complexity index is 1370. The Kier molecular flexibility index (Phi) is 9.98. The monoisotopic (exact) mass is 561 g/mol. The van der Waals surface area contributed by atoms with Crippen LogP contribution in [0.3, 0.4) is 0 Å². The molecule has 1 fully saturated rings. The molecule has 1 aliphatic carbocycles. The minimum absolute atomic E-state index is 0.0998. The number of aryl methyl sites for hydroxylation is 1. The molecule has 1 N–H and O–H groups in total. The zero-order valence-corrected chi connectivity index (χ0v) is 24.1. The number of anilines is 1. The molecule has 0 aromatic heterocycles. The van der Waals surface area contributed by atoms with Crippen molar-refractivity contribution in [2.75, 3.05) is 10.8 Å². The predicted molar refractivity (Wildman–Crippen MR) is 158 cm³/mol. The summed E-state index contributed by atoms with van der Waals surface area (Å²) >= 11 is 0. The molecule has 7 nitrogen and oxygen atoms in total. The molecule has 0 bridgehead atoms. The number of amides is 2. The van der Waals surface area contributed by atoms with Crippen LogP contribution in [0.2, 0.25) is 0 Å². The van der Waals surface area contributed by atoms with Gasteiger partial charge in [-0.05, 0) is 55.5 Å². The lowest BCUT2D eigenvalue weighted by atomic mass is 9.95. The van der Waals surface area contributed by atoms with Crippen LogP contribution in [-0.4, -0.2) is 43.8 Å². The quantitative estimate of drug-likeness (QED) is 0.338. The first-order chi connectivity index (χ1) is 19.3. The van der Waals surface area contributed by atoms with E-state index < -0.39 is 28.5 Å². The fraction of sp³-hybridized carbons (Fsp3) is 0.375. The summed E-state index contributed by atoms with van der Waals surface area (Å²) in [6.07, 6.45) is 5.62. The van der Waals surface area contributed by atoms with E-state index in [-0.39, 0.29) is 23.4 Å². The molecule has 3 aromatic rings. The second kappa shape index (κ2) is 13.6. The van der Waals surface area contributed by atoms with Gasteiger partial charge in [0.25, 0.3) is 10.0 Å². The highest BCUT2D eigenvalue weighted by atomic mass is 32.2. The van der Waals surface area contributed by atoms with Crippen molar-refractivity contribution in [2.45, 2.75) is 75.9 Å². The van der Waals surface area contributed by atoms with Crippen LogP contribution in [0.5, 0.6) is 0 Å². The second-order valence-corrected chi connectivity index (χ2v) is 12.2. The number of para-hydroxylation sites is 1. The molecule has 0 radical (unpaired) electrons. The molecule has 3 aromatic carbocycles. The lowest BCUT2D eigenvalue weighted by Crippen LogP contribution is -2.54. The highest BCUT2D eigenvalue weighted by Crippen LogP contribution is 2.27. The zero-order valence-electron chi connectivity index (χ0n) is 23.3. The van der Waals surface area contributed by atoms with E-state index in [1.807, 2.05) is 56.3 Å². The smallest absolute Gasteiger partial charge is 0.264 e. The summed E-state index contributed by atoms with van der Waals surface area (Å²) in [7, 11) is -4.07. The summed E-state index contributed by atoms with van der Waals surface area (Å²) in [5.41, 5.74) is 2.03. The summed E-state index contributed by atoms with van der Waals surface area (Å²) in [4.78, 5) is 29.4. The Labute approximate surface area is 238 Å². The minimum atomic E-state index is -4.07. The number of carbonyl (C=O) groups excluding carboxylic acids is 2. The number of carbonyl (C=O) groups is 2. The second-order valence-electron chi connectivity index (χ2n) is 10.4. The normalized spacial score (nSPS) is 14.8. The summed E-state index contributed by atoms with van der Waals surface area (Å²) in [6.45, 7) is 3.48. The Morgan fingerprint density at radius 1 is 0.875 bits per heavy atom. The van der Waals surface area contributed by atoms with Gasteiger partial charge in [-0.25, -0.2) is 8.42 Å². The van der Waals surface area contributed by atoms with Gasteiger partial charge in [0, 0.05) is 12.6 Å². The van der Waals surface area contributed by atoms with Gasteiger partial charge >= 0.3 is 0 Å². The lowest BCUT2D eigenvalue weighted by Gasteiger charge is -2.34. The fourth-order valence-corrected chi connectivity index (χ4v) is 6.82. The first-order valence-electron chi connectivity index (χ1n) is 14.1. The highest BCUT2D eigenvalue weighted by molar-refractivity contribution is 7.92. The van der Waals surface area contributed by atoms with Crippen LogP contribution in [0, 0.1) is 6.92 Å². The number of nitrogens with zero attached hydrogens (tertiary/aromatic N) is 2. The first-order valence-corrected chi connectivity index (χ1v) is 15.5. The maximum Gasteiger partial charge on any atom is 0.264 e. The molecule has 0 spiro atoms. The summed E-state index contributed by atoms with van der Waals surface area (Å²) < 4.78 is 29.0. The van der Waals surface area contributed by atoms with E-state index in [9.17, 15) is 18.0 Å². The molecular formula is C32H39N3O4S. The van der Waals surface area contributed by atoms with Crippen molar-refractivity contribution in [3.63, 3.8) is 0 Å². The maximum absolute atomic E-state index is 14.2. The third-order valence-electron chi connectivity index (χ3n) is 7.53. The van der Waals surface area contributed by atoms with E-state index in [0.717, 1.165) is 36.8 Å². The summed E-state index contributed by atoms with van der Waals surface area (Å²) in [6, 6.07) is 24.1. The van der Waals surface area contributed by atoms with Crippen molar-refractivity contribution in [1.82, 2.24) is 10.2 Å². The molecule has 1 saturated carbocycles. The standard InChI is InChI=1S/C32H39N3O4S/c1-3-29(32(37)33-27-18-9-5-10-19-27)34(23-26-16-7-4-8-17-26)31(36)24-35(30-22-14-13-15-25(30)2)40(38,39)28-20-11-6-12-21-28/h4,6-8,11-17,20-22,27,29H,3,5,9-10,18-19,23-24H2,1-2H3,(H,33,37)/t29-/m1/s1. The molecule has 0 unspecified atom stereocenters. The molecule has 0 saturated heterocycles.